The lowest BCUT2D eigenvalue weighted by molar-refractivity contribution is 0.0907. The summed E-state index contributed by atoms with van der Waals surface area (Å²) in [6.45, 7) is 2.69. The van der Waals surface area contributed by atoms with Gasteiger partial charge in [0.25, 0.3) is 5.91 Å². The number of halogens is 2. The lowest BCUT2D eigenvalue weighted by Gasteiger charge is -2.31. The van der Waals surface area contributed by atoms with Crippen molar-refractivity contribution >= 4 is 30.7 Å². The molecule has 0 bridgehead atoms. The van der Waals surface area contributed by atoms with E-state index in [1.54, 1.807) is 12.4 Å². The summed E-state index contributed by atoms with van der Waals surface area (Å²) in [5, 5.41) is 3.17. The van der Waals surface area contributed by atoms with Crippen molar-refractivity contribution in [1.29, 1.82) is 0 Å². The average Bonchev–Trinajstić information content (AvgIpc) is 2.63. The van der Waals surface area contributed by atoms with Crippen LogP contribution in [0.25, 0.3) is 11.1 Å². The molecule has 1 aliphatic rings. The van der Waals surface area contributed by atoms with E-state index in [-0.39, 0.29) is 36.8 Å². The van der Waals surface area contributed by atoms with Gasteiger partial charge >= 0.3 is 0 Å². The highest BCUT2D eigenvalue weighted by atomic mass is 35.5. The van der Waals surface area contributed by atoms with Gasteiger partial charge in [-0.3, -0.25) is 9.78 Å². The lowest BCUT2D eigenvalue weighted by Crippen LogP contribution is -2.44. The summed E-state index contributed by atoms with van der Waals surface area (Å²) in [6, 6.07) is 10.3. The summed E-state index contributed by atoms with van der Waals surface area (Å²) in [5.41, 5.74) is 9.71. The fourth-order valence-corrected chi connectivity index (χ4v) is 3.40. The van der Waals surface area contributed by atoms with E-state index < -0.39 is 0 Å². The van der Waals surface area contributed by atoms with Crippen LogP contribution in [0.1, 0.15) is 41.6 Å². The highest BCUT2D eigenvalue weighted by Crippen LogP contribution is 2.24. The van der Waals surface area contributed by atoms with E-state index in [1.807, 2.05) is 6.07 Å². The fourth-order valence-electron chi connectivity index (χ4n) is 3.40. The minimum absolute atomic E-state index is 0. The molecule has 2 unspecified atom stereocenters. The molecule has 1 heterocycles. The molecule has 2 atom stereocenters. The van der Waals surface area contributed by atoms with Gasteiger partial charge in [0.05, 0.1) is 5.56 Å². The summed E-state index contributed by atoms with van der Waals surface area (Å²) >= 11 is 0. The molecule has 3 N–H and O–H groups in total. The Morgan fingerprint density at radius 1 is 1.12 bits per heavy atom. The molecule has 1 amide bonds. The van der Waals surface area contributed by atoms with Crippen LogP contribution in [0.15, 0.2) is 42.7 Å². The summed E-state index contributed by atoms with van der Waals surface area (Å²) in [4.78, 5) is 16.9. The Hall–Kier alpha value is -1.62. The third kappa shape index (κ3) is 5.44. The normalized spacial score (nSPS) is 19.0. The van der Waals surface area contributed by atoms with E-state index in [0.29, 0.717) is 18.0 Å². The van der Waals surface area contributed by atoms with Gasteiger partial charge in [-0.25, -0.2) is 0 Å². The predicted octanol–water partition coefficient (Wildman–Crippen LogP) is 4.15. The number of carbonyl (C=O) groups excluding carboxylic acids is 1. The van der Waals surface area contributed by atoms with Crippen LogP contribution in [-0.4, -0.2) is 23.5 Å². The molecule has 2 aromatic rings. The number of nitrogens with one attached hydrogen (secondary N) is 1. The molecule has 1 fully saturated rings. The number of nitrogens with zero attached hydrogens (tertiary/aromatic N) is 1. The zero-order chi connectivity index (χ0) is 16.9. The Bertz CT molecular complexity index is 706. The third-order valence-corrected chi connectivity index (χ3v) is 4.91. The van der Waals surface area contributed by atoms with Gasteiger partial charge in [-0.05, 0) is 43.9 Å². The van der Waals surface area contributed by atoms with Crippen LogP contribution in [0.3, 0.4) is 0 Å². The number of pyridine rings is 1. The second-order valence-corrected chi connectivity index (χ2v) is 6.69. The largest absolute Gasteiger partial charge is 0.349 e. The Balaban J connectivity index is 0.00000169. The Morgan fingerprint density at radius 3 is 2.50 bits per heavy atom. The quantitative estimate of drug-likeness (QED) is 0.816. The standard InChI is InChI=1S/C20H25N3O.2ClH/c1-14-6-8-15(9-7-14)17-10-18(13-22-12-17)20(24)23-19-5-3-2-4-16(19)11-21;;/h6-10,12-13,16,19H,2-5,11,21H2,1H3,(H,23,24);2*1H. The van der Waals surface area contributed by atoms with Gasteiger partial charge in [0, 0.05) is 24.0 Å². The summed E-state index contributed by atoms with van der Waals surface area (Å²) < 4.78 is 0. The molecular formula is C20H27Cl2N3O. The predicted molar refractivity (Wildman–Crippen MR) is 111 cm³/mol. The number of nitrogens with two attached hydrogens (primary N) is 1. The molecule has 142 valence electrons. The molecule has 0 aliphatic heterocycles. The molecule has 0 radical (unpaired) electrons. The number of amides is 1. The molecule has 26 heavy (non-hydrogen) atoms. The Morgan fingerprint density at radius 2 is 1.81 bits per heavy atom. The Kier molecular flexibility index (Phi) is 9.06. The topological polar surface area (TPSA) is 68.0 Å². The van der Waals surface area contributed by atoms with Gasteiger partial charge < -0.3 is 11.1 Å². The van der Waals surface area contributed by atoms with Gasteiger partial charge in [0.15, 0.2) is 0 Å². The van der Waals surface area contributed by atoms with E-state index in [1.165, 1.54) is 12.0 Å². The first-order valence-corrected chi connectivity index (χ1v) is 8.70. The molecule has 0 saturated heterocycles. The maximum absolute atomic E-state index is 12.6. The van der Waals surface area contributed by atoms with Crippen molar-refractivity contribution in [1.82, 2.24) is 10.3 Å². The first-order valence-electron chi connectivity index (χ1n) is 8.70. The van der Waals surface area contributed by atoms with Gasteiger partial charge in [-0.15, -0.1) is 24.8 Å². The number of carbonyl (C=O) groups is 1. The van der Waals surface area contributed by atoms with E-state index in [4.69, 9.17) is 5.73 Å². The van der Waals surface area contributed by atoms with Crippen molar-refractivity contribution in [3.05, 3.63) is 53.9 Å². The highest BCUT2D eigenvalue weighted by molar-refractivity contribution is 5.95. The SMILES string of the molecule is Cc1ccc(-c2cncc(C(=O)NC3CCCCC3CN)c2)cc1.Cl.Cl. The second kappa shape index (κ2) is 10.5. The number of hydrogen-bond donors (Lipinski definition) is 2. The second-order valence-electron chi connectivity index (χ2n) is 6.69. The average molecular weight is 396 g/mol. The molecule has 4 nitrogen and oxygen atoms in total. The molecule has 1 aromatic heterocycles. The van der Waals surface area contributed by atoms with Crippen LogP contribution in [0.2, 0.25) is 0 Å². The summed E-state index contributed by atoms with van der Waals surface area (Å²) in [6.07, 6.45) is 7.90. The maximum atomic E-state index is 12.6. The van der Waals surface area contributed by atoms with Gasteiger partial charge in [-0.2, -0.15) is 0 Å². The lowest BCUT2D eigenvalue weighted by atomic mass is 9.84. The van der Waals surface area contributed by atoms with Crippen molar-refractivity contribution in [3.8, 4) is 11.1 Å². The van der Waals surface area contributed by atoms with E-state index >= 15 is 0 Å². The van der Waals surface area contributed by atoms with Gasteiger partial charge in [0.2, 0.25) is 0 Å². The van der Waals surface area contributed by atoms with Crippen LogP contribution in [-0.2, 0) is 0 Å². The van der Waals surface area contributed by atoms with Crippen LogP contribution >= 0.6 is 24.8 Å². The highest BCUT2D eigenvalue weighted by Gasteiger charge is 2.25. The number of aryl methyl sites for hydroxylation is 1. The minimum atomic E-state index is -0.0539. The minimum Gasteiger partial charge on any atom is -0.349 e. The van der Waals surface area contributed by atoms with Crippen LogP contribution in [0, 0.1) is 12.8 Å². The van der Waals surface area contributed by atoms with Crippen molar-refractivity contribution in [3.63, 3.8) is 0 Å². The maximum Gasteiger partial charge on any atom is 0.253 e. The molecule has 1 aromatic carbocycles. The first kappa shape index (κ1) is 22.4. The van der Waals surface area contributed by atoms with E-state index in [0.717, 1.165) is 30.4 Å². The zero-order valence-electron chi connectivity index (χ0n) is 15.0. The number of aromatic nitrogens is 1. The fraction of sp³-hybridized carbons (Fsp3) is 0.400. The molecule has 6 heteroatoms. The van der Waals surface area contributed by atoms with Crippen LogP contribution in [0.5, 0.6) is 0 Å². The first-order chi connectivity index (χ1) is 11.7. The van der Waals surface area contributed by atoms with E-state index in [2.05, 4.69) is 41.5 Å². The smallest absolute Gasteiger partial charge is 0.253 e. The number of benzene rings is 1. The third-order valence-electron chi connectivity index (χ3n) is 4.91. The van der Waals surface area contributed by atoms with E-state index in [9.17, 15) is 4.79 Å². The van der Waals surface area contributed by atoms with Crippen LogP contribution < -0.4 is 11.1 Å². The summed E-state index contributed by atoms with van der Waals surface area (Å²) in [5.74, 6) is 0.331. The van der Waals surface area contributed by atoms with Crippen molar-refractivity contribution < 1.29 is 4.79 Å². The molecular weight excluding hydrogens is 369 g/mol. The van der Waals surface area contributed by atoms with Gasteiger partial charge in [-0.1, -0.05) is 42.7 Å². The number of rotatable bonds is 4. The van der Waals surface area contributed by atoms with Crippen LogP contribution in [0.4, 0.5) is 0 Å². The molecule has 1 saturated carbocycles. The van der Waals surface area contributed by atoms with Crippen molar-refractivity contribution in [2.24, 2.45) is 11.7 Å². The summed E-state index contributed by atoms with van der Waals surface area (Å²) in [7, 11) is 0. The molecule has 3 rings (SSSR count). The van der Waals surface area contributed by atoms with Crippen molar-refractivity contribution in [2.75, 3.05) is 6.54 Å². The van der Waals surface area contributed by atoms with Gasteiger partial charge in [0.1, 0.15) is 0 Å². The Labute approximate surface area is 167 Å². The monoisotopic (exact) mass is 395 g/mol. The zero-order valence-corrected chi connectivity index (χ0v) is 16.6. The van der Waals surface area contributed by atoms with Crippen molar-refractivity contribution in [2.45, 2.75) is 38.6 Å². The molecule has 0 spiro atoms. The number of hydrogen-bond acceptors (Lipinski definition) is 3. The molecule has 1 aliphatic carbocycles.